The van der Waals surface area contributed by atoms with E-state index in [4.69, 9.17) is 21.1 Å². The van der Waals surface area contributed by atoms with E-state index in [-0.39, 0.29) is 5.60 Å². The molecule has 2 aliphatic heterocycles. The number of hydrogen-bond acceptors (Lipinski definition) is 6. The third-order valence-corrected chi connectivity index (χ3v) is 5.63. The SMILES string of the molecule is CC.CC1COC(CN2CCOC(C)(C)C2)=N1.CCC.O=CNc1cc(Cl)cc2c1[nH]c1cnccc12. The van der Waals surface area contributed by atoms with Gasteiger partial charge in [-0.05, 0) is 39.0 Å². The molecule has 9 heteroatoms. The summed E-state index contributed by atoms with van der Waals surface area (Å²) in [5, 5.41) is 5.22. The first-order valence-corrected chi connectivity index (χ1v) is 13.4. The number of benzene rings is 1. The van der Waals surface area contributed by atoms with Crippen molar-refractivity contribution >= 4 is 51.4 Å². The Bertz CT molecular complexity index is 1160. The van der Waals surface area contributed by atoms with Gasteiger partial charge in [-0.3, -0.25) is 14.7 Å². The van der Waals surface area contributed by atoms with E-state index in [9.17, 15) is 4.79 Å². The van der Waals surface area contributed by atoms with Crippen LogP contribution in [0.2, 0.25) is 5.02 Å². The van der Waals surface area contributed by atoms with Gasteiger partial charge in [0.2, 0.25) is 6.41 Å². The standard InChI is InChI=1S/C12H8ClN3O.C11H20N2O2.C3H8.C2H6/c13-7-3-9-8-1-2-14-5-11(8)16-12(9)10(4-7)15-6-17;1-9-7-14-10(12-9)6-13-4-5-15-11(2,3)8-13;1-3-2;1-2/h1-6,16H,(H,15,17);9H,4-8H2,1-3H3;3H2,1-2H3;1-2H3. The quantitative estimate of drug-likeness (QED) is 0.386. The fraction of sp³-hybridized carbons (Fsp3) is 0.536. The van der Waals surface area contributed by atoms with E-state index in [1.807, 2.05) is 26.0 Å². The van der Waals surface area contributed by atoms with Gasteiger partial charge in [0.25, 0.3) is 0 Å². The number of halogens is 1. The van der Waals surface area contributed by atoms with E-state index >= 15 is 0 Å². The minimum absolute atomic E-state index is 0.0387. The summed E-state index contributed by atoms with van der Waals surface area (Å²) in [6, 6.07) is 5.82. The lowest BCUT2D eigenvalue weighted by Gasteiger charge is -2.37. The Hall–Kier alpha value is -2.68. The van der Waals surface area contributed by atoms with Crippen molar-refractivity contribution in [2.24, 2.45) is 4.99 Å². The van der Waals surface area contributed by atoms with Gasteiger partial charge in [-0.15, -0.1) is 0 Å². The first-order valence-electron chi connectivity index (χ1n) is 13.1. The molecule has 0 aliphatic carbocycles. The highest BCUT2D eigenvalue weighted by Crippen LogP contribution is 2.32. The van der Waals surface area contributed by atoms with Crippen molar-refractivity contribution in [3.05, 3.63) is 35.6 Å². The first kappa shape index (κ1) is 30.5. The van der Waals surface area contributed by atoms with Gasteiger partial charge in [0, 0.05) is 35.1 Å². The molecule has 1 unspecified atom stereocenters. The summed E-state index contributed by atoms with van der Waals surface area (Å²) >= 11 is 6.03. The second-order valence-electron chi connectivity index (χ2n) is 9.39. The van der Waals surface area contributed by atoms with Crippen LogP contribution in [0.3, 0.4) is 0 Å². The lowest BCUT2D eigenvalue weighted by atomic mass is 10.1. The van der Waals surface area contributed by atoms with Crippen LogP contribution in [0.25, 0.3) is 21.8 Å². The first-order chi connectivity index (χ1) is 17.8. The summed E-state index contributed by atoms with van der Waals surface area (Å²) in [6.45, 7) is 18.9. The average Bonchev–Trinajstić information content (AvgIpc) is 3.44. The number of rotatable bonds is 4. The van der Waals surface area contributed by atoms with Gasteiger partial charge in [-0.25, -0.2) is 4.99 Å². The highest BCUT2D eigenvalue weighted by molar-refractivity contribution is 6.32. The van der Waals surface area contributed by atoms with E-state index in [1.54, 1.807) is 18.5 Å². The van der Waals surface area contributed by atoms with Crippen LogP contribution in [-0.4, -0.2) is 71.7 Å². The summed E-state index contributed by atoms with van der Waals surface area (Å²) in [7, 11) is 0. The number of H-pyrrole nitrogens is 1. The zero-order valence-electron chi connectivity index (χ0n) is 23.2. The average molecular weight is 532 g/mol. The maximum absolute atomic E-state index is 10.6. The van der Waals surface area contributed by atoms with Gasteiger partial charge in [-0.1, -0.05) is 45.7 Å². The van der Waals surface area contributed by atoms with Crippen LogP contribution in [0.4, 0.5) is 5.69 Å². The van der Waals surface area contributed by atoms with Crippen molar-refractivity contribution in [1.29, 1.82) is 0 Å². The van der Waals surface area contributed by atoms with Gasteiger partial charge in [0.1, 0.15) is 6.61 Å². The van der Waals surface area contributed by atoms with Crippen LogP contribution in [0.1, 0.15) is 54.9 Å². The highest BCUT2D eigenvalue weighted by Gasteiger charge is 2.28. The van der Waals surface area contributed by atoms with E-state index in [0.29, 0.717) is 23.2 Å². The molecule has 1 fully saturated rings. The molecule has 2 aliphatic rings. The van der Waals surface area contributed by atoms with Crippen molar-refractivity contribution in [2.45, 2.75) is 66.5 Å². The molecule has 8 nitrogen and oxygen atoms in total. The molecule has 3 aromatic rings. The summed E-state index contributed by atoms with van der Waals surface area (Å²) in [4.78, 5) is 24.6. The third-order valence-electron chi connectivity index (χ3n) is 5.41. The highest BCUT2D eigenvalue weighted by atomic mass is 35.5. The topological polar surface area (TPSA) is 91.8 Å². The monoisotopic (exact) mass is 531 g/mol. The normalized spacial score (nSPS) is 18.3. The Balaban J connectivity index is 0.000000224. The van der Waals surface area contributed by atoms with Crippen molar-refractivity contribution in [3.63, 3.8) is 0 Å². The van der Waals surface area contributed by atoms with Crippen LogP contribution < -0.4 is 5.32 Å². The van der Waals surface area contributed by atoms with Gasteiger partial charge in [0.05, 0.1) is 47.7 Å². The molecule has 1 atom stereocenters. The molecule has 5 rings (SSSR count). The molecule has 1 saturated heterocycles. The van der Waals surface area contributed by atoms with Crippen molar-refractivity contribution < 1.29 is 14.3 Å². The zero-order valence-corrected chi connectivity index (χ0v) is 24.0. The summed E-state index contributed by atoms with van der Waals surface area (Å²) in [6.07, 6.45) is 5.35. The van der Waals surface area contributed by atoms with Gasteiger partial charge in [0.15, 0.2) is 5.90 Å². The number of aliphatic imine (C=N–C) groups is 1. The van der Waals surface area contributed by atoms with Gasteiger partial charge < -0.3 is 19.8 Å². The molecule has 1 aromatic carbocycles. The minimum atomic E-state index is -0.0387. The fourth-order valence-corrected chi connectivity index (χ4v) is 4.28. The third kappa shape index (κ3) is 8.98. The Morgan fingerprint density at radius 2 is 2.00 bits per heavy atom. The predicted molar refractivity (Wildman–Crippen MR) is 155 cm³/mol. The Kier molecular flexibility index (Phi) is 12.3. The summed E-state index contributed by atoms with van der Waals surface area (Å²) in [5.41, 5.74) is 2.39. The van der Waals surface area contributed by atoms with E-state index in [2.05, 4.69) is 59.8 Å². The number of hydrogen-bond donors (Lipinski definition) is 2. The smallest absolute Gasteiger partial charge is 0.211 e. The molecule has 204 valence electrons. The van der Waals surface area contributed by atoms with Crippen LogP contribution in [0.15, 0.2) is 35.6 Å². The lowest BCUT2D eigenvalue weighted by Crippen LogP contribution is -2.49. The Labute approximate surface area is 225 Å². The van der Waals surface area contributed by atoms with Gasteiger partial charge in [-0.2, -0.15) is 0 Å². The number of nitrogens with one attached hydrogen (secondary N) is 2. The maximum atomic E-state index is 10.6. The van der Waals surface area contributed by atoms with Crippen LogP contribution >= 0.6 is 11.6 Å². The second kappa shape index (κ2) is 14.9. The van der Waals surface area contributed by atoms with Crippen LogP contribution in [0.5, 0.6) is 0 Å². The largest absolute Gasteiger partial charge is 0.478 e. The van der Waals surface area contributed by atoms with E-state index in [0.717, 1.165) is 60.6 Å². The van der Waals surface area contributed by atoms with Crippen LogP contribution in [0, 0.1) is 0 Å². The molecule has 2 N–H and O–H groups in total. The minimum Gasteiger partial charge on any atom is -0.478 e. The number of aromatic amines is 1. The van der Waals surface area contributed by atoms with Gasteiger partial charge >= 0.3 is 0 Å². The zero-order chi connectivity index (χ0) is 27.4. The molecule has 0 radical (unpaired) electrons. The number of fused-ring (bicyclic) bond motifs is 3. The second-order valence-corrected chi connectivity index (χ2v) is 9.83. The van der Waals surface area contributed by atoms with Crippen molar-refractivity contribution in [3.8, 4) is 0 Å². The number of pyridine rings is 1. The number of morpholine rings is 1. The number of nitrogens with zero attached hydrogens (tertiary/aromatic N) is 3. The van der Waals surface area contributed by atoms with Crippen molar-refractivity contribution in [2.75, 3.05) is 38.2 Å². The summed E-state index contributed by atoms with van der Waals surface area (Å²) < 4.78 is 11.2. The molecular formula is C28H42ClN5O3. The van der Waals surface area contributed by atoms with Crippen LogP contribution in [-0.2, 0) is 14.3 Å². The Morgan fingerprint density at radius 3 is 2.62 bits per heavy atom. The molecule has 0 bridgehead atoms. The molecule has 0 spiro atoms. The number of carbonyl (C=O) groups is 1. The van der Waals surface area contributed by atoms with Crippen molar-refractivity contribution in [1.82, 2.24) is 14.9 Å². The molecular weight excluding hydrogens is 490 g/mol. The number of anilines is 1. The molecule has 4 heterocycles. The number of amides is 1. The van der Waals surface area contributed by atoms with E-state index < -0.39 is 0 Å². The summed E-state index contributed by atoms with van der Waals surface area (Å²) in [5.74, 6) is 0.889. The Morgan fingerprint density at radius 1 is 1.27 bits per heavy atom. The molecule has 0 saturated carbocycles. The number of aromatic nitrogens is 2. The molecule has 2 aromatic heterocycles. The maximum Gasteiger partial charge on any atom is 0.211 e. The molecule has 37 heavy (non-hydrogen) atoms. The predicted octanol–water partition coefficient (Wildman–Crippen LogP) is 6.29. The fourth-order valence-electron chi connectivity index (χ4n) is 4.06. The lowest BCUT2D eigenvalue weighted by molar-refractivity contribution is -0.105. The van der Waals surface area contributed by atoms with E-state index in [1.165, 1.54) is 6.42 Å². The number of carbonyl (C=O) groups excluding carboxylic acids is 1. The number of ether oxygens (including phenoxy) is 2. The molecule has 1 amide bonds.